The van der Waals surface area contributed by atoms with Crippen LogP contribution >= 0.6 is 23.1 Å². The standard InChI is InChI=1S/C27H36N2O8S2/c1-14(2)26(37-27(34)35-17-8-6-5-7-9-17)36-25(33)22-23(38-11-10-19-18(12-30)28-13-39-19)15(3)21-20(16(4)31)24(32)29(21)22/h10-11,13-17,20-21,26,30-31H,5-9,12H2,1-4H3/t15-,16-,20-,21-,26?/m1/s1. The maximum atomic E-state index is 13.5. The first-order chi connectivity index (χ1) is 18.6. The van der Waals surface area contributed by atoms with Gasteiger partial charge in [0.15, 0.2) is 0 Å². The highest BCUT2D eigenvalue weighted by molar-refractivity contribution is 8.06. The Morgan fingerprint density at radius 2 is 1.95 bits per heavy atom. The third kappa shape index (κ3) is 6.34. The predicted octanol–water partition coefficient (Wildman–Crippen LogP) is 4.42. The van der Waals surface area contributed by atoms with Crippen molar-refractivity contribution in [1.82, 2.24) is 9.88 Å². The van der Waals surface area contributed by atoms with Crippen molar-refractivity contribution in [3.8, 4) is 0 Å². The van der Waals surface area contributed by atoms with E-state index >= 15 is 0 Å². The van der Waals surface area contributed by atoms with Crippen LogP contribution in [0.5, 0.6) is 0 Å². The quantitative estimate of drug-likeness (QED) is 0.233. The first kappa shape index (κ1) is 29.6. The molecule has 1 saturated carbocycles. The summed E-state index contributed by atoms with van der Waals surface area (Å²) in [5.41, 5.74) is 2.28. The fourth-order valence-electron chi connectivity index (χ4n) is 5.27. The Balaban J connectivity index is 1.53. The van der Waals surface area contributed by atoms with Gasteiger partial charge in [-0.25, -0.2) is 14.6 Å². The van der Waals surface area contributed by atoms with Crippen LogP contribution in [-0.2, 0) is 30.4 Å². The highest BCUT2D eigenvalue weighted by Crippen LogP contribution is 2.51. The average Bonchev–Trinajstić information content (AvgIpc) is 3.44. The lowest BCUT2D eigenvalue weighted by Crippen LogP contribution is -2.63. The second kappa shape index (κ2) is 12.8. The molecule has 0 spiro atoms. The molecule has 0 bridgehead atoms. The molecule has 1 aromatic heterocycles. The van der Waals surface area contributed by atoms with Crippen molar-refractivity contribution in [3.63, 3.8) is 0 Å². The van der Waals surface area contributed by atoms with E-state index in [-0.39, 0.29) is 42.2 Å². The molecule has 1 aliphatic carbocycles. The van der Waals surface area contributed by atoms with Crippen LogP contribution in [0.15, 0.2) is 21.5 Å². The van der Waals surface area contributed by atoms with Gasteiger partial charge in [-0.3, -0.25) is 4.79 Å². The van der Waals surface area contributed by atoms with Gasteiger partial charge >= 0.3 is 12.1 Å². The van der Waals surface area contributed by atoms with E-state index in [9.17, 15) is 24.6 Å². The third-order valence-corrected chi connectivity index (χ3v) is 9.26. The number of thiazole rings is 1. The van der Waals surface area contributed by atoms with Crippen LogP contribution in [0.4, 0.5) is 4.79 Å². The zero-order chi connectivity index (χ0) is 28.3. The lowest BCUT2D eigenvalue weighted by atomic mass is 9.79. The number of amides is 1. The van der Waals surface area contributed by atoms with E-state index in [1.807, 2.05) is 6.92 Å². The number of aromatic nitrogens is 1. The van der Waals surface area contributed by atoms with Crippen molar-refractivity contribution in [2.75, 3.05) is 0 Å². The summed E-state index contributed by atoms with van der Waals surface area (Å²) in [6, 6.07) is -0.387. The lowest BCUT2D eigenvalue weighted by molar-refractivity contribution is -0.182. The molecule has 214 valence electrons. The molecule has 1 unspecified atom stereocenters. The Hall–Kier alpha value is -2.41. The number of esters is 1. The second-order valence-electron chi connectivity index (χ2n) is 10.5. The van der Waals surface area contributed by atoms with E-state index in [1.165, 1.54) is 28.0 Å². The van der Waals surface area contributed by atoms with Crippen LogP contribution in [0, 0.1) is 17.8 Å². The minimum atomic E-state index is -1.20. The zero-order valence-corrected chi connectivity index (χ0v) is 24.2. The highest BCUT2D eigenvalue weighted by atomic mass is 32.2. The smallest absolute Gasteiger partial charge is 0.431 e. The highest BCUT2D eigenvalue weighted by Gasteiger charge is 2.60. The molecule has 3 heterocycles. The van der Waals surface area contributed by atoms with Gasteiger partial charge in [0.1, 0.15) is 11.8 Å². The monoisotopic (exact) mass is 580 g/mol. The Bertz CT molecular complexity index is 1120. The summed E-state index contributed by atoms with van der Waals surface area (Å²) in [6.07, 6.45) is 3.30. The third-order valence-electron chi connectivity index (χ3n) is 7.33. The molecular formula is C27H36N2O8S2. The van der Waals surface area contributed by atoms with Crippen molar-refractivity contribution >= 4 is 47.2 Å². The van der Waals surface area contributed by atoms with Gasteiger partial charge in [0.25, 0.3) is 6.29 Å². The number of aliphatic hydroxyl groups excluding tert-OH is 2. The molecule has 1 saturated heterocycles. The summed E-state index contributed by atoms with van der Waals surface area (Å²) < 4.78 is 16.5. The van der Waals surface area contributed by atoms with Gasteiger partial charge in [-0.2, -0.15) is 0 Å². The summed E-state index contributed by atoms with van der Waals surface area (Å²) in [4.78, 5) is 45.9. The van der Waals surface area contributed by atoms with Crippen LogP contribution in [0.25, 0.3) is 6.08 Å². The molecule has 2 aliphatic heterocycles. The molecule has 0 radical (unpaired) electrons. The number of fused-ring (bicyclic) bond motifs is 1. The number of aliphatic hydroxyl groups is 2. The van der Waals surface area contributed by atoms with E-state index < -0.39 is 30.4 Å². The number of carbonyl (C=O) groups is 3. The normalized spacial score (nSPS) is 25.1. The number of nitrogens with zero attached hydrogens (tertiary/aromatic N) is 2. The predicted molar refractivity (Wildman–Crippen MR) is 146 cm³/mol. The van der Waals surface area contributed by atoms with Crippen LogP contribution in [-0.4, -0.2) is 62.7 Å². The Labute approximate surface area is 236 Å². The van der Waals surface area contributed by atoms with Crippen molar-refractivity contribution in [2.45, 2.75) is 90.9 Å². The minimum absolute atomic E-state index is 0.0886. The van der Waals surface area contributed by atoms with Crippen molar-refractivity contribution < 1.29 is 38.8 Å². The van der Waals surface area contributed by atoms with Crippen LogP contribution in [0.3, 0.4) is 0 Å². The Kier molecular flexibility index (Phi) is 9.73. The van der Waals surface area contributed by atoms with Crippen molar-refractivity contribution in [1.29, 1.82) is 0 Å². The van der Waals surface area contributed by atoms with Crippen LogP contribution < -0.4 is 0 Å². The first-order valence-electron chi connectivity index (χ1n) is 13.3. The fraction of sp³-hybridized carbons (Fsp3) is 0.630. The molecule has 2 N–H and O–H groups in total. The largest absolute Gasteiger partial charge is 0.511 e. The van der Waals surface area contributed by atoms with Gasteiger partial charge in [-0.1, -0.05) is 39.0 Å². The Morgan fingerprint density at radius 3 is 2.59 bits per heavy atom. The lowest BCUT2D eigenvalue weighted by Gasteiger charge is -2.46. The zero-order valence-electron chi connectivity index (χ0n) is 22.6. The summed E-state index contributed by atoms with van der Waals surface area (Å²) in [6.45, 7) is 6.79. The number of hydrogen-bond donors (Lipinski definition) is 2. The Morgan fingerprint density at radius 1 is 1.23 bits per heavy atom. The molecule has 1 aromatic rings. The number of ether oxygens (including phenoxy) is 3. The van der Waals surface area contributed by atoms with Crippen molar-refractivity contribution in [3.05, 3.63) is 32.1 Å². The van der Waals surface area contributed by atoms with Gasteiger partial charge in [-0.05, 0) is 44.1 Å². The molecule has 5 atom stereocenters. The molecule has 39 heavy (non-hydrogen) atoms. The molecule has 1 amide bonds. The van der Waals surface area contributed by atoms with Gasteiger partial charge in [0, 0.05) is 16.7 Å². The van der Waals surface area contributed by atoms with E-state index in [0.717, 1.165) is 37.0 Å². The molecule has 10 nitrogen and oxygen atoms in total. The maximum absolute atomic E-state index is 13.5. The van der Waals surface area contributed by atoms with Crippen LogP contribution in [0.2, 0.25) is 0 Å². The minimum Gasteiger partial charge on any atom is -0.431 e. The molecule has 0 aromatic carbocycles. The molecule has 12 heteroatoms. The van der Waals surface area contributed by atoms with Gasteiger partial charge < -0.3 is 29.3 Å². The van der Waals surface area contributed by atoms with Crippen LogP contribution in [0.1, 0.15) is 70.4 Å². The second-order valence-corrected chi connectivity index (χ2v) is 12.3. The van der Waals surface area contributed by atoms with Gasteiger partial charge in [-0.15, -0.1) is 11.3 Å². The SMILES string of the molecule is CC(C)C(OC(=O)OC1CCCCC1)OC(=O)C1=C(SC=Cc2scnc2CO)[C@H](C)[C@@H]2[C@@H]([C@@H](C)O)C(=O)N12. The number of carbonyl (C=O) groups excluding carboxylic acids is 3. The van der Waals surface area contributed by atoms with E-state index in [4.69, 9.17) is 14.2 Å². The van der Waals surface area contributed by atoms with E-state index in [2.05, 4.69) is 4.98 Å². The fourth-order valence-corrected chi connectivity index (χ4v) is 7.05. The molecule has 4 rings (SSSR count). The molecular weight excluding hydrogens is 544 g/mol. The summed E-state index contributed by atoms with van der Waals surface area (Å²) >= 11 is 2.64. The van der Waals surface area contributed by atoms with E-state index in [0.29, 0.717) is 10.6 Å². The van der Waals surface area contributed by atoms with Gasteiger partial charge in [0.2, 0.25) is 5.91 Å². The number of β-lactam (4-membered cyclic amide) rings is 1. The summed E-state index contributed by atoms with van der Waals surface area (Å²) in [5.74, 6) is -2.37. The van der Waals surface area contributed by atoms with Gasteiger partial charge in [0.05, 0.1) is 40.8 Å². The first-order valence-corrected chi connectivity index (χ1v) is 15.1. The summed E-state index contributed by atoms with van der Waals surface area (Å²) in [5, 5.41) is 21.5. The summed E-state index contributed by atoms with van der Waals surface area (Å²) in [7, 11) is 0. The number of hydrogen-bond acceptors (Lipinski definition) is 11. The maximum Gasteiger partial charge on any atom is 0.511 e. The number of rotatable bonds is 10. The average molecular weight is 581 g/mol. The topological polar surface area (TPSA) is 135 Å². The molecule has 3 aliphatic rings. The number of thioether (sulfide) groups is 1. The van der Waals surface area contributed by atoms with E-state index in [1.54, 1.807) is 37.8 Å². The molecule has 2 fully saturated rings. The van der Waals surface area contributed by atoms with Crippen molar-refractivity contribution in [2.24, 2.45) is 17.8 Å².